The van der Waals surface area contributed by atoms with E-state index in [0.29, 0.717) is 29.7 Å². The van der Waals surface area contributed by atoms with Crippen LogP contribution < -0.4 is 10.6 Å². The van der Waals surface area contributed by atoms with Crippen molar-refractivity contribution in [2.45, 2.75) is 43.7 Å². The summed E-state index contributed by atoms with van der Waals surface area (Å²) in [7, 11) is 1.94. The van der Waals surface area contributed by atoms with Crippen LogP contribution in [0.15, 0.2) is 24.8 Å². The van der Waals surface area contributed by atoms with Gasteiger partial charge in [0, 0.05) is 25.5 Å². The Hall–Kier alpha value is -2.61. The smallest absolute Gasteiger partial charge is 0.226 e. The van der Waals surface area contributed by atoms with E-state index in [-0.39, 0.29) is 0 Å². The van der Waals surface area contributed by atoms with E-state index >= 15 is 0 Å². The summed E-state index contributed by atoms with van der Waals surface area (Å²) >= 11 is 0. The standard InChI is InChI=1S/C20H25N7O/c1-27-9-15(22-10-27)23-18-14-2-3-21-17(14)25-19(26-18)24-16-12-4-11-5-13(16)8-20(28,6-11)7-12/h2-3,9-13,16,28H,4-8H2,1H3,(H3,21,23,24,25,26). The van der Waals surface area contributed by atoms with Crippen molar-refractivity contribution in [1.29, 1.82) is 0 Å². The van der Waals surface area contributed by atoms with E-state index in [0.717, 1.165) is 41.9 Å². The topological polar surface area (TPSA) is 104 Å². The highest BCUT2D eigenvalue weighted by molar-refractivity contribution is 5.89. The largest absolute Gasteiger partial charge is 0.390 e. The molecule has 0 aliphatic heterocycles. The molecular formula is C20H25N7O. The average molecular weight is 379 g/mol. The molecule has 3 heterocycles. The van der Waals surface area contributed by atoms with Gasteiger partial charge in [-0.2, -0.15) is 9.97 Å². The monoisotopic (exact) mass is 379 g/mol. The lowest BCUT2D eigenvalue weighted by atomic mass is 9.52. The summed E-state index contributed by atoms with van der Waals surface area (Å²) in [6.45, 7) is 0. The fourth-order valence-corrected chi connectivity index (χ4v) is 6.07. The molecular weight excluding hydrogens is 354 g/mol. The van der Waals surface area contributed by atoms with E-state index in [9.17, 15) is 5.11 Å². The average Bonchev–Trinajstić information content (AvgIpc) is 3.25. The Morgan fingerprint density at radius 1 is 1.21 bits per heavy atom. The molecule has 2 unspecified atom stereocenters. The van der Waals surface area contributed by atoms with E-state index in [1.165, 1.54) is 12.8 Å². The maximum absolute atomic E-state index is 10.8. The number of aromatic amines is 1. The van der Waals surface area contributed by atoms with Crippen molar-refractivity contribution in [1.82, 2.24) is 24.5 Å². The molecule has 4 N–H and O–H groups in total. The van der Waals surface area contributed by atoms with Crippen molar-refractivity contribution < 1.29 is 5.11 Å². The zero-order chi connectivity index (χ0) is 18.9. The van der Waals surface area contributed by atoms with Crippen LogP contribution in [0.2, 0.25) is 0 Å². The van der Waals surface area contributed by atoms with Crippen LogP contribution >= 0.6 is 0 Å². The molecule has 4 saturated carbocycles. The van der Waals surface area contributed by atoms with Gasteiger partial charge in [0.25, 0.3) is 0 Å². The molecule has 4 aliphatic carbocycles. The van der Waals surface area contributed by atoms with Crippen LogP contribution in [0.1, 0.15) is 32.1 Å². The summed E-state index contributed by atoms with van der Waals surface area (Å²) in [5, 5.41) is 18.7. The number of rotatable bonds is 4. The molecule has 3 aromatic rings. The van der Waals surface area contributed by atoms with E-state index in [1.54, 1.807) is 6.33 Å². The summed E-state index contributed by atoms with van der Waals surface area (Å²) in [5.41, 5.74) is 0.378. The Kier molecular flexibility index (Phi) is 3.33. The number of anilines is 3. The molecule has 2 atom stereocenters. The number of aliphatic hydroxyl groups is 1. The molecule has 0 radical (unpaired) electrons. The van der Waals surface area contributed by atoms with E-state index in [2.05, 4.69) is 20.6 Å². The highest BCUT2D eigenvalue weighted by Crippen LogP contribution is 2.56. The Balaban J connectivity index is 1.31. The molecule has 7 rings (SSSR count). The van der Waals surface area contributed by atoms with Gasteiger partial charge in [0.15, 0.2) is 0 Å². The highest BCUT2D eigenvalue weighted by Gasteiger charge is 2.54. The van der Waals surface area contributed by atoms with Crippen LogP contribution in [0.25, 0.3) is 11.0 Å². The quantitative estimate of drug-likeness (QED) is 0.556. The van der Waals surface area contributed by atoms with Gasteiger partial charge in [-0.15, -0.1) is 0 Å². The number of H-pyrrole nitrogens is 1. The highest BCUT2D eigenvalue weighted by atomic mass is 16.3. The normalized spacial score (nSPS) is 33.5. The van der Waals surface area contributed by atoms with Gasteiger partial charge in [-0.1, -0.05) is 0 Å². The molecule has 3 aromatic heterocycles. The molecule has 0 spiro atoms. The van der Waals surface area contributed by atoms with Crippen LogP contribution in [0.5, 0.6) is 0 Å². The molecule has 8 heteroatoms. The van der Waals surface area contributed by atoms with Crippen LogP contribution in [0.3, 0.4) is 0 Å². The van der Waals surface area contributed by atoms with Gasteiger partial charge in [0.1, 0.15) is 17.3 Å². The summed E-state index contributed by atoms with van der Waals surface area (Å²) in [4.78, 5) is 17.0. The van der Waals surface area contributed by atoms with Crippen molar-refractivity contribution in [2.75, 3.05) is 10.6 Å². The molecule has 8 nitrogen and oxygen atoms in total. The molecule has 0 amide bonds. The molecule has 4 aliphatic rings. The third-order valence-electron chi connectivity index (χ3n) is 6.90. The van der Waals surface area contributed by atoms with Crippen molar-refractivity contribution in [3.05, 3.63) is 24.8 Å². The van der Waals surface area contributed by atoms with Crippen LogP contribution in [0.4, 0.5) is 17.6 Å². The van der Waals surface area contributed by atoms with Crippen molar-refractivity contribution in [2.24, 2.45) is 24.8 Å². The van der Waals surface area contributed by atoms with Gasteiger partial charge in [-0.3, -0.25) is 0 Å². The van der Waals surface area contributed by atoms with Crippen LogP contribution in [0, 0.1) is 17.8 Å². The molecule has 28 heavy (non-hydrogen) atoms. The number of nitrogens with zero attached hydrogens (tertiary/aromatic N) is 4. The maximum atomic E-state index is 10.8. The first-order chi connectivity index (χ1) is 13.5. The van der Waals surface area contributed by atoms with Gasteiger partial charge >= 0.3 is 0 Å². The fourth-order valence-electron chi connectivity index (χ4n) is 6.07. The van der Waals surface area contributed by atoms with Gasteiger partial charge in [-0.05, 0) is 55.9 Å². The Morgan fingerprint density at radius 2 is 2.04 bits per heavy atom. The minimum atomic E-state index is -0.426. The predicted molar refractivity (Wildman–Crippen MR) is 106 cm³/mol. The molecule has 146 valence electrons. The number of imidazole rings is 1. The lowest BCUT2D eigenvalue weighted by molar-refractivity contribution is -0.129. The molecule has 4 bridgehead atoms. The zero-order valence-electron chi connectivity index (χ0n) is 15.9. The van der Waals surface area contributed by atoms with E-state index in [4.69, 9.17) is 9.97 Å². The molecule has 4 fully saturated rings. The van der Waals surface area contributed by atoms with Gasteiger partial charge in [0.2, 0.25) is 5.95 Å². The van der Waals surface area contributed by atoms with Gasteiger partial charge < -0.3 is 25.3 Å². The van der Waals surface area contributed by atoms with Crippen molar-refractivity contribution >= 4 is 28.6 Å². The summed E-state index contributed by atoms with van der Waals surface area (Å²) < 4.78 is 1.90. The number of aryl methyl sites for hydroxylation is 1. The second-order valence-electron chi connectivity index (χ2n) is 9.05. The number of hydrogen-bond donors (Lipinski definition) is 4. The van der Waals surface area contributed by atoms with Gasteiger partial charge in [0.05, 0.1) is 17.3 Å². The van der Waals surface area contributed by atoms with E-state index in [1.807, 2.05) is 30.1 Å². The lowest BCUT2D eigenvalue weighted by Crippen LogP contribution is -2.59. The summed E-state index contributed by atoms with van der Waals surface area (Å²) in [6.07, 6.45) is 10.8. The minimum absolute atomic E-state index is 0.340. The van der Waals surface area contributed by atoms with Gasteiger partial charge in [-0.25, -0.2) is 4.98 Å². The third-order valence-corrected chi connectivity index (χ3v) is 6.90. The molecule has 0 saturated heterocycles. The number of hydrogen-bond acceptors (Lipinski definition) is 6. The molecule has 0 aromatic carbocycles. The Bertz CT molecular complexity index is 1020. The van der Waals surface area contributed by atoms with Crippen molar-refractivity contribution in [3.8, 4) is 0 Å². The Labute approximate surface area is 162 Å². The first kappa shape index (κ1) is 16.4. The predicted octanol–water partition coefficient (Wildman–Crippen LogP) is 2.79. The van der Waals surface area contributed by atoms with Crippen LogP contribution in [-0.2, 0) is 7.05 Å². The second-order valence-corrected chi connectivity index (χ2v) is 9.05. The Morgan fingerprint density at radius 3 is 2.75 bits per heavy atom. The first-order valence-corrected chi connectivity index (χ1v) is 10.1. The summed E-state index contributed by atoms with van der Waals surface area (Å²) in [6, 6.07) is 2.31. The fraction of sp³-hybridized carbons (Fsp3) is 0.550. The lowest BCUT2D eigenvalue weighted by Gasteiger charge is -2.58. The second kappa shape index (κ2) is 5.70. The van der Waals surface area contributed by atoms with Crippen LogP contribution in [-0.4, -0.2) is 41.3 Å². The SMILES string of the molecule is Cn1cnc(Nc2nc(NC3C4CC5CC3CC(O)(C5)C4)nc3[nH]ccc23)c1. The maximum Gasteiger partial charge on any atom is 0.226 e. The van der Waals surface area contributed by atoms with Crippen molar-refractivity contribution in [3.63, 3.8) is 0 Å². The minimum Gasteiger partial charge on any atom is -0.390 e. The number of aromatic nitrogens is 5. The first-order valence-electron chi connectivity index (χ1n) is 10.1. The number of fused-ring (bicyclic) bond motifs is 1. The third kappa shape index (κ3) is 2.58. The zero-order valence-corrected chi connectivity index (χ0v) is 15.9. The number of nitrogens with one attached hydrogen (secondary N) is 3. The van der Waals surface area contributed by atoms with E-state index < -0.39 is 5.60 Å². The summed E-state index contributed by atoms with van der Waals surface area (Å²) in [5.74, 6) is 3.84.